The molecule has 3 N–H and O–H groups in total. The number of carbonyl (C=O) groups is 1. The fourth-order valence-electron chi connectivity index (χ4n) is 1.50. The lowest BCUT2D eigenvalue weighted by Gasteiger charge is -2.16. The van der Waals surface area contributed by atoms with Crippen molar-refractivity contribution in [3.05, 3.63) is 39.4 Å². The van der Waals surface area contributed by atoms with E-state index in [-0.39, 0.29) is 29.1 Å². The SMILES string of the molecule is Cc1ccc(C(=O)NCC(N)C(C)C)cc1[N+](=O)[O-]. The van der Waals surface area contributed by atoms with E-state index in [0.29, 0.717) is 12.1 Å². The van der Waals surface area contributed by atoms with Crippen molar-refractivity contribution in [3.63, 3.8) is 0 Å². The Morgan fingerprint density at radius 1 is 1.47 bits per heavy atom. The lowest BCUT2D eigenvalue weighted by Crippen LogP contribution is -2.40. The molecule has 104 valence electrons. The summed E-state index contributed by atoms with van der Waals surface area (Å²) in [5.41, 5.74) is 6.57. The third-order valence-electron chi connectivity index (χ3n) is 3.02. The molecule has 6 nitrogen and oxygen atoms in total. The van der Waals surface area contributed by atoms with Crippen molar-refractivity contribution >= 4 is 11.6 Å². The number of amides is 1. The van der Waals surface area contributed by atoms with Crippen LogP contribution in [0.25, 0.3) is 0 Å². The van der Waals surface area contributed by atoms with Crippen LogP contribution in [0.15, 0.2) is 18.2 Å². The molecule has 0 spiro atoms. The molecule has 1 rings (SSSR count). The number of rotatable bonds is 5. The topological polar surface area (TPSA) is 98.3 Å². The van der Waals surface area contributed by atoms with Crippen LogP contribution in [0.2, 0.25) is 0 Å². The van der Waals surface area contributed by atoms with E-state index in [1.165, 1.54) is 6.07 Å². The largest absolute Gasteiger partial charge is 0.350 e. The standard InChI is InChI=1S/C13H19N3O3/c1-8(2)11(14)7-15-13(17)10-5-4-9(3)12(6-10)16(18)19/h4-6,8,11H,7,14H2,1-3H3,(H,15,17). The predicted molar refractivity (Wildman–Crippen MR) is 73.0 cm³/mol. The molecule has 1 aromatic rings. The number of hydrogen-bond donors (Lipinski definition) is 2. The van der Waals surface area contributed by atoms with Gasteiger partial charge in [0, 0.05) is 29.8 Å². The van der Waals surface area contributed by atoms with Crippen molar-refractivity contribution in [1.82, 2.24) is 5.32 Å². The van der Waals surface area contributed by atoms with E-state index in [0.717, 1.165) is 0 Å². The van der Waals surface area contributed by atoms with E-state index in [9.17, 15) is 14.9 Å². The molecule has 0 aliphatic carbocycles. The van der Waals surface area contributed by atoms with Crippen molar-refractivity contribution in [2.45, 2.75) is 26.8 Å². The molecule has 6 heteroatoms. The van der Waals surface area contributed by atoms with Crippen molar-refractivity contribution in [2.24, 2.45) is 11.7 Å². The second-order valence-electron chi connectivity index (χ2n) is 4.88. The molecule has 1 amide bonds. The summed E-state index contributed by atoms with van der Waals surface area (Å²) in [6.45, 7) is 5.91. The lowest BCUT2D eigenvalue weighted by molar-refractivity contribution is -0.385. The molecule has 0 aliphatic rings. The van der Waals surface area contributed by atoms with Crippen LogP contribution < -0.4 is 11.1 Å². The molecular formula is C13H19N3O3. The summed E-state index contributed by atoms with van der Waals surface area (Å²) in [7, 11) is 0. The van der Waals surface area contributed by atoms with Gasteiger partial charge in [0.15, 0.2) is 0 Å². The number of carbonyl (C=O) groups excluding carboxylic acids is 1. The first kappa shape index (κ1) is 15.1. The van der Waals surface area contributed by atoms with Gasteiger partial charge in [-0.05, 0) is 18.9 Å². The van der Waals surface area contributed by atoms with Crippen molar-refractivity contribution in [2.75, 3.05) is 6.54 Å². The second kappa shape index (κ2) is 6.29. The van der Waals surface area contributed by atoms with Crippen LogP contribution in [-0.4, -0.2) is 23.4 Å². The monoisotopic (exact) mass is 265 g/mol. The molecule has 0 heterocycles. The minimum Gasteiger partial charge on any atom is -0.350 e. The minimum atomic E-state index is -0.494. The van der Waals surface area contributed by atoms with Crippen LogP contribution in [0.3, 0.4) is 0 Å². The van der Waals surface area contributed by atoms with Gasteiger partial charge in [-0.2, -0.15) is 0 Å². The summed E-state index contributed by atoms with van der Waals surface area (Å²) >= 11 is 0. The van der Waals surface area contributed by atoms with Gasteiger partial charge in [-0.1, -0.05) is 19.9 Å². The Kier molecular flexibility index (Phi) is 5.00. The van der Waals surface area contributed by atoms with E-state index in [2.05, 4.69) is 5.32 Å². The third kappa shape index (κ3) is 4.03. The van der Waals surface area contributed by atoms with Crippen molar-refractivity contribution in [3.8, 4) is 0 Å². The summed E-state index contributed by atoms with van der Waals surface area (Å²) in [6, 6.07) is 4.28. The number of benzene rings is 1. The highest BCUT2D eigenvalue weighted by molar-refractivity contribution is 5.95. The maximum atomic E-state index is 11.9. The van der Waals surface area contributed by atoms with Crippen LogP contribution in [0.4, 0.5) is 5.69 Å². The van der Waals surface area contributed by atoms with Crippen LogP contribution >= 0.6 is 0 Å². The fourth-order valence-corrected chi connectivity index (χ4v) is 1.50. The van der Waals surface area contributed by atoms with Crippen molar-refractivity contribution < 1.29 is 9.72 Å². The van der Waals surface area contributed by atoms with Gasteiger partial charge in [0.05, 0.1) is 4.92 Å². The van der Waals surface area contributed by atoms with E-state index in [1.807, 2.05) is 13.8 Å². The maximum absolute atomic E-state index is 11.9. The highest BCUT2D eigenvalue weighted by Crippen LogP contribution is 2.19. The molecule has 1 aromatic carbocycles. The Labute approximate surface area is 112 Å². The Balaban J connectivity index is 2.78. The molecule has 0 saturated carbocycles. The first-order chi connectivity index (χ1) is 8.82. The summed E-state index contributed by atoms with van der Waals surface area (Å²) < 4.78 is 0. The smallest absolute Gasteiger partial charge is 0.273 e. The number of nitrogens with two attached hydrogens (primary N) is 1. The van der Waals surface area contributed by atoms with Crippen LogP contribution in [0, 0.1) is 23.0 Å². The van der Waals surface area contributed by atoms with Gasteiger partial charge in [0.1, 0.15) is 0 Å². The molecule has 1 unspecified atom stereocenters. The summed E-state index contributed by atoms with van der Waals surface area (Å²) in [5.74, 6) is -0.0909. The Morgan fingerprint density at radius 3 is 2.63 bits per heavy atom. The molecule has 0 aromatic heterocycles. The maximum Gasteiger partial charge on any atom is 0.273 e. The van der Waals surface area contributed by atoms with Gasteiger partial charge in [0.2, 0.25) is 0 Å². The number of nitrogens with zero attached hydrogens (tertiary/aromatic N) is 1. The zero-order chi connectivity index (χ0) is 14.6. The fraction of sp³-hybridized carbons (Fsp3) is 0.462. The molecule has 0 saturated heterocycles. The van der Waals surface area contributed by atoms with Gasteiger partial charge in [0.25, 0.3) is 11.6 Å². The first-order valence-corrected chi connectivity index (χ1v) is 6.11. The number of nitro benzene ring substituents is 1. The van der Waals surface area contributed by atoms with Gasteiger partial charge in [-0.25, -0.2) is 0 Å². The summed E-state index contributed by atoms with van der Waals surface area (Å²) in [5, 5.41) is 13.5. The average molecular weight is 265 g/mol. The molecule has 0 aliphatic heterocycles. The molecule has 0 radical (unpaired) electrons. The Hall–Kier alpha value is -1.95. The second-order valence-corrected chi connectivity index (χ2v) is 4.88. The number of nitrogens with one attached hydrogen (secondary N) is 1. The van der Waals surface area contributed by atoms with Crippen LogP contribution in [-0.2, 0) is 0 Å². The van der Waals surface area contributed by atoms with Gasteiger partial charge in [-0.3, -0.25) is 14.9 Å². The van der Waals surface area contributed by atoms with E-state index in [1.54, 1.807) is 19.1 Å². The summed E-state index contributed by atoms with van der Waals surface area (Å²) in [6.07, 6.45) is 0. The number of nitro groups is 1. The molecule has 0 bridgehead atoms. The zero-order valence-electron chi connectivity index (χ0n) is 11.3. The average Bonchev–Trinajstić information content (AvgIpc) is 2.35. The molecule has 19 heavy (non-hydrogen) atoms. The predicted octanol–water partition coefficient (Wildman–Crippen LogP) is 1.62. The van der Waals surface area contributed by atoms with Crippen molar-refractivity contribution in [1.29, 1.82) is 0 Å². The van der Waals surface area contributed by atoms with Gasteiger partial charge in [-0.15, -0.1) is 0 Å². The highest BCUT2D eigenvalue weighted by Gasteiger charge is 2.16. The number of aryl methyl sites for hydroxylation is 1. The Morgan fingerprint density at radius 2 is 2.11 bits per heavy atom. The van der Waals surface area contributed by atoms with Crippen LogP contribution in [0.1, 0.15) is 29.8 Å². The molecular weight excluding hydrogens is 246 g/mol. The first-order valence-electron chi connectivity index (χ1n) is 6.11. The third-order valence-corrected chi connectivity index (χ3v) is 3.02. The molecule has 0 fully saturated rings. The highest BCUT2D eigenvalue weighted by atomic mass is 16.6. The van der Waals surface area contributed by atoms with Gasteiger partial charge >= 0.3 is 0 Å². The Bertz CT molecular complexity index is 486. The minimum absolute atomic E-state index is 0.0548. The van der Waals surface area contributed by atoms with Gasteiger partial charge < -0.3 is 11.1 Å². The number of hydrogen-bond acceptors (Lipinski definition) is 4. The summed E-state index contributed by atoms with van der Waals surface area (Å²) in [4.78, 5) is 22.2. The van der Waals surface area contributed by atoms with Crippen LogP contribution in [0.5, 0.6) is 0 Å². The zero-order valence-corrected chi connectivity index (χ0v) is 11.3. The van der Waals surface area contributed by atoms with E-state index in [4.69, 9.17) is 5.73 Å². The molecule has 1 atom stereocenters. The quantitative estimate of drug-likeness (QED) is 0.624. The van der Waals surface area contributed by atoms with E-state index >= 15 is 0 Å². The van der Waals surface area contributed by atoms with E-state index < -0.39 is 4.92 Å². The lowest BCUT2D eigenvalue weighted by atomic mass is 10.1. The normalized spacial score (nSPS) is 12.3.